The maximum Gasteiger partial charge on any atom is 0.0582 e. The Morgan fingerprint density at radius 1 is 1.50 bits per heavy atom. The summed E-state index contributed by atoms with van der Waals surface area (Å²) in [5.74, 6) is 1.20. The molecule has 0 bridgehead atoms. The molecule has 2 nitrogen and oxygen atoms in total. The van der Waals surface area contributed by atoms with Gasteiger partial charge in [0.05, 0.1) is 5.75 Å². The lowest BCUT2D eigenvalue weighted by molar-refractivity contribution is 0.679. The van der Waals surface area contributed by atoms with Gasteiger partial charge in [-0.3, -0.25) is 4.21 Å². The maximum atomic E-state index is 10.9. The molecule has 10 heavy (non-hydrogen) atoms. The van der Waals surface area contributed by atoms with Crippen molar-refractivity contribution in [3.8, 4) is 0 Å². The van der Waals surface area contributed by atoms with Crippen LogP contribution in [0.25, 0.3) is 0 Å². The average Bonchev–Trinajstić information content (AvgIpc) is 1.89. The molecule has 0 spiro atoms. The van der Waals surface area contributed by atoms with Crippen LogP contribution in [0.15, 0.2) is 0 Å². The second kappa shape index (κ2) is 6.93. The molecule has 0 aliphatic rings. The molecule has 0 aliphatic heterocycles. The zero-order valence-electron chi connectivity index (χ0n) is 6.43. The van der Waals surface area contributed by atoms with Gasteiger partial charge >= 0.3 is 0 Å². The lowest BCUT2D eigenvalue weighted by Crippen LogP contribution is -2.02. The van der Waals surface area contributed by atoms with Crippen molar-refractivity contribution in [3.05, 3.63) is 0 Å². The Morgan fingerprint density at radius 2 is 2.20 bits per heavy atom. The molecule has 0 aromatic carbocycles. The monoisotopic (exact) mass is 161 g/mol. The van der Waals surface area contributed by atoms with Crippen LogP contribution in [-0.2, 0) is 10.8 Å². The van der Waals surface area contributed by atoms with Crippen LogP contribution in [0.3, 0.4) is 0 Å². The summed E-state index contributed by atoms with van der Waals surface area (Å²) in [5, 5.41) is 6.70. The van der Waals surface area contributed by atoms with E-state index in [0.29, 0.717) is 5.75 Å². The first-order valence-corrected chi connectivity index (χ1v) is 5.14. The Balaban J connectivity index is 3.13. The summed E-state index contributed by atoms with van der Waals surface area (Å²) in [7, 11) is -0.765. The van der Waals surface area contributed by atoms with Crippen LogP contribution in [0.1, 0.15) is 26.2 Å². The zero-order valence-corrected chi connectivity index (χ0v) is 7.25. The Labute approximate surface area is 65.0 Å². The van der Waals surface area contributed by atoms with Crippen molar-refractivity contribution in [2.45, 2.75) is 26.2 Å². The SMILES string of the molecule is CCCCCS(=O)CC=N. The second-order valence-corrected chi connectivity index (χ2v) is 3.84. The van der Waals surface area contributed by atoms with Gasteiger partial charge in [0, 0.05) is 22.8 Å². The van der Waals surface area contributed by atoms with Crippen LogP contribution in [-0.4, -0.2) is 21.9 Å². The van der Waals surface area contributed by atoms with Crippen LogP contribution in [0, 0.1) is 5.41 Å². The molecule has 1 N–H and O–H groups in total. The normalized spacial score (nSPS) is 12.9. The van der Waals surface area contributed by atoms with E-state index in [4.69, 9.17) is 5.41 Å². The Hall–Kier alpha value is -0.180. The minimum absolute atomic E-state index is 0.434. The largest absolute Gasteiger partial charge is 0.312 e. The number of rotatable bonds is 6. The molecule has 0 fully saturated rings. The van der Waals surface area contributed by atoms with Gasteiger partial charge in [-0.05, 0) is 6.42 Å². The van der Waals surface area contributed by atoms with E-state index in [1.165, 1.54) is 12.6 Å². The summed E-state index contributed by atoms with van der Waals surface area (Å²) >= 11 is 0. The van der Waals surface area contributed by atoms with E-state index < -0.39 is 10.8 Å². The van der Waals surface area contributed by atoms with Crippen LogP contribution in [0.4, 0.5) is 0 Å². The Kier molecular flexibility index (Phi) is 6.81. The van der Waals surface area contributed by atoms with Crippen molar-refractivity contribution in [3.63, 3.8) is 0 Å². The topological polar surface area (TPSA) is 40.9 Å². The van der Waals surface area contributed by atoms with Gasteiger partial charge in [-0.1, -0.05) is 19.8 Å². The van der Waals surface area contributed by atoms with Crippen molar-refractivity contribution < 1.29 is 4.21 Å². The highest BCUT2D eigenvalue weighted by Gasteiger charge is 1.94. The van der Waals surface area contributed by atoms with E-state index in [1.54, 1.807) is 0 Å². The molecule has 60 valence electrons. The van der Waals surface area contributed by atoms with Gasteiger partial charge in [0.25, 0.3) is 0 Å². The molecule has 0 radical (unpaired) electrons. The fourth-order valence-electron chi connectivity index (χ4n) is 0.689. The minimum Gasteiger partial charge on any atom is -0.312 e. The highest BCUT2D eigenvalue weighted by atomic mass is 32.2. The molecule has 0 aliphatic carbocycles. The van der Waals surface area contributed by atoms with Crippen molar-refractivity contribution in [1.82, 2.24) is 0 Å². The summed E-state index contributed by atoms with van der Waals surface area (Å²) in [4.78, 5) is 0. The minimum atomic E-state index is -0.765. The van der Waals surface area contributed by atoms with Gasteiger partial charge in [0.2, 0.25) is 0 Å². The summed E-state index contributed by atoms with van der Waals surface area (Å²) in [5.41, 5.74) is 0. The van der Waals surface area contributed by atoms with Crippen LogP contribution in [0.2, 0.25) is 0 Å². The predicted octanol–water partition coefficient (Wildman–Crippen LogP) is 1.57. The molecular formula is C7H15NOS. The fourth-order valence-corrected chi connectivity index (χ4v) is 1.57. The van der Waals surface area contributed by atoms with Crippen LogP contribution >= 0.6 is 0 Å². The van der Waals surface area contributed by atoms with Gasteiger partial charge in [0.1, 0.15) is 0 Å². The van der Waals surface area contributed by atoms with Crippen molar-refractivity contribution in [1.29, 1.82) is 5.41 Å². The number of hydrogen-bond donors (Lipinski definition) is 1. The smallest absolute Gasteiger partial charge is 0.0582 e. The Bertz CT molecular complexity index is 114. The molecule has 1 unspecified atom stereocenters. The standard InChI is InChI=1S/C7H15NOS/c1-2-3-4-6-10(9)7-5-8/h5,8H,2-4,6-7H2,1H3. The van der Waals surface area contributed by atoms with Crippen molar-refractivity contribution >= 4 is 17.0 Å². The van der Waals surface area contributed by atoms with Gasteiger partial charge < -0.3 is 5.41 Å². The molecule has 0 aromatic rings. The molecule has 0 rings (SSSR count). The van der Waals surface area contributed by atoms with Gasteiger partial charge in [-0.2, -0.15) is 0 Å². The average molecular weight is 161 g/mol. The lowest BCUT2D eigenvalue weighted by atomic mass is 10.3. The predicted molar refractivity (Wildman–Crippen MR) is 46.2 cm³/mol. The molecule has 3 heteroatoms. The van der Waals surface area contributed by atoms with E-state index in [2.05, 4.69) is 6.92 Å². The third-order valence-electron chi connectivity index (χ3n) is 1.24. The number of hydrogen-bond acceptors (Lipinski definition) is 2. The van der Waals surface area contributed by atoms with Gasteiger partial charge in [-0.25, -0.2) is 0 Å². The summed E-state index contributed by atoms with van der Waals surface area (Å²) in [6.07, 6.45) is 4.59. The highest BCUT2D eigenvalue weighted by Crippen LogP contribution is 1.95. The molecule has 0 amide bonds. The quantitative estimate of drug-likeness (QED) is 0.466. The first kappa shape index (κ1) is 9.82. The number of nitrogens with one attached hydrogen (secondary N) is 1. The van der Waals surface area contributed by atoms with E-state index >= 15 is 0 Å². The molecule has 0 heterocycles. The van der Waals surface area contributed by atoms with Crippen LogP contribution in [0.5, 0.6) is 0 Å². The van der Waals surface area contributed by atoms with Gasteiger partial charge in [-0.15, -0.1) is 0 Å². The molecular weight excluding hydrogens is 146 g/mol. The molecule has 0 saturated heterocycles. The van der Waals surface area contributed by atoms with E-state index in [0.717, 1.165) is 18.6 Å². The van der Waals surface area contributed by atoms with Crippen LogP contribution < -0.4 is 0 Å². The zero-order chi connectivity index (χ0) is 7.82. The summed E-state index contributed by atoms with van der Waals surface area (Å²) < 4.78 is 10.9. The van der Waals surface area contributed by atoms with E-state index in [9.17, 15) is 4.21 Å². The molecule has 0 saturated carbocycles. The first-order chi connectivity index (χ1) is 4.81. The third kappa shape index (κ3) is 5.95. The second-order valence-electron chi connectivity index (χ2n) is 2.22. The third-order valence-corrected chi connectivity index (χ3v) is 2.53. The lowest BCUT2D eigenvalue weighted by Gasteiger charge is -1.95. The number of unbranched alkanes of at least 4 members (excludes halogenated alkanes) is 2. The van der Waals surface area contributed by atoms with Gasteiger partial charge in [0.15, 0.2) is 0 Å². The maximum absolute atomic E-state index is 10.9. The van der Waals surface area contributed by atoms with Crippen molar-refractivity contribution in [2.24, 2.45) is 0 Å². The Morgan fingerprint density at radius 3 is 2.70 bits per heavy atom. The molecule has 1 atom stereocenters. The van der Waals surface area contributed by atoms with E-state index in [-0.39, 0.29) is 0 Å². The molecule has 0 aromatic heterocycles. The van der Waals surface area contributed by atoms with E-state index in [1.807, 2.05) is 0 Å². The fraction of sp³-hybridized carbons (Fsp3) is 0.857. The first-order valence-electron chi connectivity index (χ1n) is 3.65. The summed E-state index contributed by atoms with van der Waals surface area (Å²) in [6.45, 7) is 2.12. The van der Waals surface area contributed by atoms with Crippen molar-refractivity contribution in [2.75, 3.05) is 11.5 Å². The highest BCUT2D eigenvalue weighted by molar-refractivity contribution is 7.85. The summed E-state index contributed by atoms with van der Waals surface area (Å²) in [6, 6.07) is 0.